The fourth-order valence-corrected chi connectivity index (χ4v) is 4.61. The highest BCUT2D eigenvalue weighted by molar-refractivity contribution is 6.05. The lowest BCUT2D eigenvalue weighted by Gasteiger charge is -2.34. The molecule has 0 radical (unpaired) electrons. The predicted octanol–water partition coefficient (Wildman–Crippen LogP) is 0.927. The monoisotopic (exact) mass is 384 g/mol. The SMILES string of the molecule is CC1(CNCc2cccc3c2C(=O)N(C2CCC(=O)NC2=O)C3)CCCNC1. The Hall–Kier alpha value is -2.25. The first-order valence-electron chi connectivity index (χ1n) is 10.1. The van der Waals surface area contributed by atoms with E-state index in [1.165, 1.54) is 12.8 Å². The number of imide groups is 1. The molecule has 0 aliphatic carbocycles. The minimum Gasteiger partial charge on any atom is -0.322 e. The van der Waals surface area contributed by atoms with Crippen molar-refractivity contribution < 1.29 is 14.4 Å². The van der Waals surface area contributed by atoms with Crippen LogP contribution in [0.2, 0.25) is 0 Å². The van der Waals surface area contributed by atoms with Crippen LogP contribution in [0.15, 0.2) is 18.2 Å². The van der Waals surface area contributed by atoms with E-state index in [2.05, 4.69) is 22.9 Å². The number of amides is 3. The maximum Gasteiger partial charge on any atom is 0.255 e. The van der Waals surface area contributed by atoms with Crippen molar-refractivity contribution >= 4 is 17.7 Å². The van der Waals surface area contributed by atoms with Crippen molar-refractivity contribution in [2.75, 3.05) is 19.6 Å². The number of carbonyl (C=O) groups is 3. The van der Waals surface area contributed by atoms with Crippen LogP contribution < -0.4 is 16.0 Å². The van der Waals surface area contributed by atoms with Crippen LogP contribution in [0.5, 0.6) is 0 Å². The normalized spacial score (nSPS) is 27.7. The van der Waals surface area contributed by atoms with E-state index in [0.717, 1.165) is 30.8 Å². The molecule has 0 spiro atoms. The fraction of sp³-hybridized carbons (Fsp3) is 0.571. The molecule has 4 rings (SSSR count). The van der Waals surface area contributed by atoms with Crippen LogP contribution >= 0.6 is 0 Å². The first-order valence-corrected chi connectivity index (χ1v) is 10.1. The molecule has 2 fully saturated rings. The highest BCUT2D eigenvalue weighted by Crippen LogP contribution is 2.30. The lowest BCUT2D eigenvalue weighted by atomic mass is 9.83. The predicted molar refractivity (Wildman–Crippen MR) is 104 cm³/mol. The molecular formula is C21H28N4O3. The topological polar surface area (TPSA) is 90.5 Å². The minimum absolute atomic E-state index is 0.104. The summed E-state index contributed by atoms with van der Waals surface area (Å²) in [6.45, 7) is 6.34. The molecular weight excluding hydrogens is 356 g/mol. The number of hydrogen-bond acceptors (Lipinski definition) is 5. The van der Waals surface area contributed by atoms with Crippen LogP contribution in [-0.2, 0) is 22.7 Å². The quantitative estimate of drug-likeness (QED) is 0.657. The second-order valence-corrected chi connectivity index (χ2v) is 8.55. The number of benzene rings is 1. The molecule has 2 unspecified atom stereocenters. The average Bonchev–Trinajstić information content (AvgIpc) is 3.00. The minimum atomic E-state index is -0.564. The standard InChI is InChI=1S/C21H28N4O3/c1-21(8-3-9-22-12-21)13-23-10-14-4-2-5-15-11-25(20(28)18(14)15)16-6-7-17(26)24-19(16)27/h2,4-5,16,22-23H,3,6-13H2,1H3,(H,24,26,27). The third kappa shape index (κ3) is 3.69. The van der Waals surface area contributed by atoms with E-state index in [0.29, 0.717) is 25.1 Å². The molecule has 3 N–H and O–H groups in total. The van der Waals surface area contributed by atoms with Crippen molar-refractivity contribution in [2.45, 2.75) is 51.7 Å². The van der Waals surface area contributed by atoms with E-state index in [4.69, 9.17) is 0 Å². The molecule has 2 saturated heterocycles. The van der Waals surface area contributed by atoms with E-state index in [1.54, 1.807) is 4.90 Å². The highest BCUT2D eigenvalue weighted by Gasteiger charge is 2.40. The lowest BCUT2D eigenvalue weighted by Crippen LogP contribution is -2.52. The van der Waals surface area contributed by atoms with Gasteiger partial charge in [0, 0.05) is 38.2 Å². The molecule has 3 aliphatic rings. The lowest BCUT2D eigenvalue weighted by molar-refractivity contribution is -0.136. The Morgan fingerprint density at radius 1 is 1.29 bits per heavy atom. The molecule has 3 amide bonds. The van der Waals surface area contributed by atoms with Gasteiger partial charge in [-0.25, -0.2) is 0 Å². The molecule has 150 valence electrons. The summed E-state index contributed by atoms with van der Waals surface area (Å²) in [5.41, 5.74) is 2.88. The summed E-state index contributed by atoms with van der Waals surface area (Å²) in [4.78, 5) is 38.3. The molecule has 3 heterocycles. The van der Waals surface area contributed by atoms with Crippen molar-refractivity contribution in [1.82, 2.24) is 20.9 Å². The van der Waals surface area contributed by atoms with Crippen molar-refractivity contribution in [3.05, 3.63) is 34.9 Å². The van der Waals surface area contributed by atoms with E-state index in [9.17, 15) is 14.4 Å². The van der Waals surface area contributed by atoms with Gasteiger partial charge in [-0.2, -0.15) is 0 Å². The molecule has 0 aromatic heterocycles. The van der Waals surface area contributed by atoms with Crippen LogP contribution in [0.1, 0.15) is 54.1 Å². The number of piperidine rings is 2. The van der Waals surface area contributed by atoms with Crippen LogP contribution in [0.4, 0.5) is 0 Å². The summed E-state index contributed by atoms with van der Waals surface area (Å²) >= 11 is 0. The van der Waals surface area contributed by atoms with Crippen molar-refractivity contribution in [3.8, 4) is 0 Å². The Morgan fingerprint density at radius 2 is 2.14 bits per heavy atom. The Labute approximate surface area is 165 Å². The van der Waals surface area contributed by atoms with Gasteiger partial charge >= 0.3 is 0 Å². The van der Waals surface area contributed by atoms with Gasteiger partial charge < -0.3 is 15.5 Å². The van der Waals surface area contributed by atoms with Crippen LogP contribution in [0.25, 0.3) is 0 Å². The molecule has 1 aromatic rings. The molecule has 1 aromatic carbocycles. The van der Waals surface area contributed by atoms with Gasteiger partial charge in [0.05, 0.1) is 0 Å². The number of fused-ring (bicyclic) bond motifs is 1. The van der Waals surface area contributed by atoms with Crippen LogP contribution in [0, 0.1) is 5.41 Å². The summed E-state index contributed by atoms with van der Waals surface area (Å²) in [5.74, 6) is -0.733. The Bertz CT molecular complexity index is 801. The van der Waals surface area contributed by atoms with E-state index in [1.807, 2.05) is 18.2 Å². The van der Waals surface area contributed by atoms with Crippen LogP contribution in [-0.4, -0.2) is 48.3 Å². The number of hydrogen-bond donors (Lipinski definition) is 3. The van der Waals surface area contributed by atoms with Gasteiger partial charge in [0.15, 0.2) is 0 Å². The molecule has 3 aliphatic heterocycles. The van der Waals surface area contributed by atoms with E-state index in [-0.39, 0.29) is 29.6 Å². The molecule has 7 nitrogen and oxygen atoms in total. The van der Waals surface area contributed by atoms with Crippen LogP contribution in [0.3, 0.4) is 0 Å². The van der Waals surface area contributed by atoms with E-state index < -0.39 is 6.04 Å². The number of nitrogens with one attached hydrogen (secondary N) is 3. The van der Waals surface area contributed by atoms with Gasteiger partial charge in [-0.1, -0.05) is 25.1 Å². The van der Waals surface area contributed by atoms with Gasteiger partial charge in [0.1, 0.15) is 6.04 Å². The van der Waals surface area contributed by atoms with Crippen molar-refractivity contribution in [1.29, 1.82) is 0 Å². The van der Waals surface area contributed by atoms with Gasteiger partial charge in [-0.05, 0) is 42.3 Å². The van der Waals surface area contributed by atoms with Gasteiger partial charge in [-0.15, -0.1) is 0 Å². The summed E-state index contributed by atoms with van der Waals surface area (Å²) < 4.78 is 0. The average molecular weight is 384 g/mol. The number of carbonyl (C=O) groups excluding carboxylic acids is 3. The Morgan fingerprint density at radius 3 is 2.89 bits per heavy atom. The zero-order valence-corrected chi connectivity index (χ0v) is 16.3. The maximum atomic E-state index is 13.1. The molecule has 28 heavy (non-hydrogen) atoms. The van der Waals surface area contributed by atoms with Crippen molar-refractivity contribution in [3.63, 3.8) is 0 Å². The van der Waals surface area contributed by atoms with Crippen molar-refractivity contribution in [2.24, 2.45) is 5.41 Å². The fourth-order valence-electron chi connectivity index (χ4n) is 4.61. The first-order chi connectivity index (χ1) is 13.5. The third-order valence-corrected chi connectivity index (χ3v) is 6.19. The van der Waals surface area contributed by atoms with Gasteiger partial charge in [0.2, 0.25) is 11.8 Å². The van der Waals surface area contributed by atoms with E-state index >= 15 is 0 Å². The highest BCUT2D eigenvalue weighted by atomic mass is 16.2. The summed E-state index contributed by atoms with van der Waals surface area (Å²) in [6.07, 6.45) is 3.06. The second-order valence-electron chi connectivity index (χ2n) is 8.55. The third-order valence-electron chi connectivity index (χ3n) is 6.19. The maximum absolute atomic E-state index is 13.1. The second kappa shape index (κ2) is 7.64. The summed E-state index contributed by atoms with van der Waals surface area (Å²) in [7, 11) is 0. The molecule has 2 atom stereocenters. The molecule has 0 saturated carbocycles. The van der Waals surface area contributed by atoms with Gasteiger partial charge in [0.25, 0.3) is 5.91 Å². The largest absolute Gasteiger partial charge is 0.322 e. The first kappa shape index (κ1) is 19.1. The summed E-state index contributed by atoms with van der Waals surface area (Å²) in [5, 5.41) is 9.35. The zero-order chi connectivity index (χ0) is 19.7. The Balaban J connectivity index is 1.44. The Kier molecular flexibility index (Phi) is 5.21. The smallest absolute Gasteiger partial charge is 0.255 e. The summed E-state index contributed by atoms with van der Waals surface area (Å²) in [6, 6.07) is 5.35. The molecule has 0 bridgehead atoms. The molecule has 7 heteroatoms. The number of rotatable bonds is 5. The number of nitrogens with zero attached hydrogens (tertiary/aromatic N) is 1. The van der Waals surface area contributed by atoms with Gasteiger partial charge in [-0.3, -0.25) is 19.7 Å². The zero-order valence-electron chi connectivity index (χ0n) is 16.3.